The van der Waals surface area contributed by atoms with Crippen molar-refractivity contribution in [1.82, 2.24) is 30.8 Å². The van der Waals surface area contributed by atoms with Gasteiger partial charge in [0.05, 0.1) is 30.9 Å². The highest BCUT2D eigenvalue weighted by molar-refractivity contribution is 7.99. The van der Waals surface area contributed by atoms with Crippen molar-refractivity contribution in [2.45, 2.75) is 57.0 Å². The highest BCUT2D eigenvalue weighted by atomic mass is 32.2. The number of esters is 1. The third-order valence-corrected chi connectivity index (χ3v) is 5.38. The number of ether oxygens (including phenoxy) is 2. The maximum Gasteiger partial charge on any atom is 0.337 e. The number of urea groups is 1. The van der Waals surface area contributed by atoms with E-state index in [1.54, 1.807) is 11.6 Å². The fourth-order valence-electron chi connectivity index (χ4n) is 3.11. The molecule has 2 atom stereocenters. The molecule has 1 saturated heterocycles. The second-order valence-corrected chi connectivity index (χ2v) is 7.18. The molecule has 2 amide bonds. The van der Waals surface area contributed by atoms with Crippen LogP contribution in [0.15, 0.2) is 16.4 Å². The van der Waals surface area contributed by atoms with E-state index >= 15 is 0 Å². The Morgan fingerprint density at radius 1 is 1.44 bits per heavy atom. The minimum absolute atomic E-state index is 0.116. The minimum Gasteiger partial charge on any atom is -0.463 e. The number of tetrazole rings is 1. The molecule has 0 saturated carbocycles. The lowest BCUT2D eigenvalue weighted by Gasteiger charge is -2.28. The predicted octanol–water partition coefficient (Wildman–Crippen LogP) is 0.853. The van der Waals surface area contributed by atoms with E-state index in [0.29, 0.717) is 35.1 Å². The van der Waals surface area contributed by atoms with Gasteiger partial charge in [0, 0.05) is 18.1 Å². The van der Waals surface area contributed by atoms with Crippen LogP contribution >= 0.6 is 11.8 Å². The Morgan fingerprint density at radius 2 is 2.30 bits per heavy atom. The van der Waals surface area contributed by atoms with Crippen LogP contribution in [0, 0.1) is 0 Å². The average molecular weight is 396 g/mol. The lowest BCUT2D eigenvalue weighted by Crippen LogP contribution is -2.50. The van der Waals surface area contributed by atoms with Gasteiger partial charge in [0.2, 0.25) is 5.16 Å². The Hall–Kier alpha value is -2.14. The molecule has 2 unspecified atom stereocenters. The van der Waals surface area contributed by atoms with Crippen molar-refractivity contribution in [3.63, 3.8) is 0 Å². The molecule has 0 aliphatic carbocycles. The molecule has 10 nitrogen and oxygen atoms in total. The van der Waals surface area contributed by atoms with Gasteiger partial charge in [-0.25, -0.2) is 14.3 Å². The van der Waals surface area contributed by atoms with Crippen molar-refractivity contribution in [2.75, 3.05) is 19.0 Å². The molecule has 11 heteroatoms. The zero-order valence-corrected chi connectivity index (χ0v) is 16.3. The predicted molar refractivity (Wildman–Crippen MR) is 96.9 cm³/mol. The molecule has 148 valence electrons. The highest BCUT2D eigenvalue weighted by Crippen LogP contribution is 2.24. The molecule has 0 spiro atoms. The van der Waals surface area contributed by atoms with Gasteiger partial charge in [-0.3, -0.25) is 0 Å². The molecule has 2 aliphatic heterocycles. The van der Waals surface area contributed by atoms with E-state index in [1.807, 2.05) is 6.92 Å². The second-order valence-electron chi connectivity index (χ2n) is 6.24. The summed E-state index contributed by atoms with van der Waals surface area (Å²) in [5, 5.41) is 17.9. The zero-order valence-electron chi connectivity index (χ0n) is 15.4. The van der Waals surface area contributed by atoms with Crippen LogP contribution in [0.2, 0.25) is 0 Å². The van der Waals surface area contributed by atoms with Gasteiger partial charge in [0.25, 0.3) is 0 Å². The van der Waals surface area contributed by atoms with Gasteiger partial charge in [0.15, 0.2) is 0 Å². The summed E-state index contributed by atoms with van der Waals surface area (Å²) >= 11 is 1.36. The first-order valence-corrected chi connectivity index (χ1v) is 10.1. The second kappa shape index (κ2) is 9.18. The van der Waals surface area contributed by atoms with Crippen LogP contribution in [0.1, 0.15) is 33.1 Å². The molecule has 1 fully saturated rings. The van der Waals surface area contributed by atoms with Gasteiger partial charge in [-0.1, -0.05) is 18.7 Å². The maximum absolute atomic E-state index is 12.4. The van der Waals surface area contributed by atoms with Crippen molar-refractivity contribution in [2.24, 2.45) is 0 Å². The number of thioether (sulfide) groups is 1. The molecule has 1 aromatic heterocycles. The molecule has 2 N–H and O–H groups in total. The third kappa shape index (κ3) is 4.78. The average Bonchev–Trinajstić information content (AvgIpc) is 3.32. The summed E-state index contributed by atoms with van der Waals surface area (Å²) < 4.78 is 12.5. The van der Waals surface area contributed by atoms with Crippen LogP contribution in [-0.4, -0.2) is 63.3 Å². The summed E-state index contributed by atoms with van der Waals surface area (Å²) in [6.45, 7) is 5.28. The number of nitrogens with zero attached hydrogens (tertiary/aromatic N) is 4. The van der Waals surface area contributed by atoms with E-state index in [9.17, 15) is 9.59 Å². The van der Waals surface area contributed by atoms with Crippen molar-refractivity contribution in [3.05, 3.63) is 11.3 Å². The molecule has 2 aliphatic rings. The monoisotopic (exact) mass is 396 g/mol. The van der Waals surface area contributed by atoms with Crippen LogP contribution in [-0.2, 0) is 20.8 Å². The number of aromatic nitrogens is 4. The van der Waals surface area contributed by atoms with E-state index in [2.05, 4.69) is 26.2 Å². The summed E-state index contributed by atoms with van der Waals surface area (Å²) in [5.41, 5.74) is 0.977. The van der Waals surface area contributed by atoms with Gasteiger partial charge in [0.1, 0.15) is 0 Å². The molecule has 3 heterocycles. The molecular formula is C16H24N6O4S. The first-order valence-electron chi connectivity index (χ1n) is 9.10. The molecule has 1 aromatic rings. The highest BCUT2D eigenvalue weighted by Gasteiger charge is 2.31. The Morgan fingerprint density at radius 3 is 3.00 bits per heavy atom. The van der Waals surface area contributed by atoms with Gasteiger partial charge < -0.3 is 20.1 Å². The van der Waals surface area contributed by atoms with Crippen LogP contribution in [0.4, 0.5) is 4.79 Å². The summed E-state index contributed by atoms with van der Waals surface area (Å²) in [4.78, 5) is 24.3. The largest absolute Gasteiger partial charge is 0.463 e. The number of amides is 2. The molecule has 0 aromatic carbocycles. The summed E-state index contributed by atoms with van der Waals surface area (Å²) in [6, 6.07) is -0.708. The van der Waals surface area contributed by atoms with Crippen molar-refractivity contribution >= 4 is 23.8 Å². The van der Waals surface area contributed by atoms with E-state index in [0.717, 1.165) is 19.4 Å². The van der Waals surface area contributed by atoms with Crippen LogP contribution < -0.4 is 10.6 Å². The standard InChI is InChI=1S/C16H24N6O4S/c1-3-11-13(14(23)25-4-2)12(18-15(24)17-11)9-27-16-19-20-21-22(16)8-10-6-5-7-26-10/h10-11H,3-9H2,1-2H3,(H2,17,18,24). The Bertz CT molecular complexity index is 716. The maximum atomic E-state index is 12.4. The van der Waals surface area contributed by atoms with E-state index in [4.69, 9.17) is 9.47 Å². The zero-order chi connectivity index (χ0) is 19.2. The molecular weight excluding hydrogens is 372 g/mol. The van der Waals surface area contributed by atoms with E-state index < -0.39 is 5.97 Å². The van der Waals surface area contributed by atoms with Gasteiger partial charge >= 0.3 is 12.0 Å². The topological polar surface area (TPSA) is 120 Å². The van der Waals surface area contributed by atoms with Gasteiger partial charge in [-0.2, -0.15) is 0 Å². The number of nitrogens with one attached hydrogen (secondary N) is 2. The molecule has 3 rings (SSSR count). The van der Waals surface area contributed by atoms with Crippen molar-refractivity contribution in [1.29, 1.82) is 0 Å². The number of carbonyl (C=O) groups is 2. The summed E-state index contributed by atoms with van der Waals surface area (Å²) in [6.07, 6.45) is 2.74. The van der Waals surface area contributed by atoms with Crippen molar-refractivity contribution < 1.29 is 19.1 Å². The molecule has 0 radical (unpaired) electrons. The summed E-state index contributed by atoms with van der Waals surface area (Å²) in [5.74, 6) is -0.0735. The lowest BCUT2D eigenvalue weighted by molar-refractivity contribution is -0.139. The normalized spacial score (nSPS) is 22.5. The Kier molecular flexibility index (Phi) is 6.67. The quantitative estimate of drug-likeness (QED) is 0.490. The number of hydrogen-bond acceptors (Lipinski definition) is 8. The Labute approximate surface area is 161 Å². The van der Waals surface area contributed by atoms with E-state index in [-0.39, 0.29) is 24.8 Å². The number of carbonyl (C=O) groups excluding carboxylic acids is 2. The Balaban J connectivity index is 1.74. The fourth-order valence-corrected chi connectivity index (χ4v) is 3.96. The van der Waals surface area contributed by atoms with Gasteiger partial charge in [-0.05, 0) is 36.6 Å². The fraction of sp³-hybridized carbons (Fsp3) is 0.688. The van der Waals surface area contributed by atoms with Crippen LogP contribution in [0.25, 0.3) is 0 Å². The first-order chi connectivity index (χ1) is 13.1. The minimum atomic E-state index is -0.425. The first kappa shape index (κ1) is 19.6. The number of hydrogen-bond donors (Lipinski definition) is 2. The molecule has 27 heavy (non-hydrogen) atoms. The van der Waals surface area contributed by atoms with Gasteiger partial charge in [-0.15, -0.1) is 5.10 Å². The SMILES string of the molecule is CCOC(=O)C1=C(CSc2nnnn2CC2CCCO2)NC(=O)NC1CC. The third-order valence-electron chi connectivity index (χ3n) is 4.39. The summed E-state index contributed by atoms with van der Waals surface area (Å²) in [7, 11) is 0. The number of rotatable bonds is 8. The smallest absolute Gasteiger partial charge is 0.337 e. The van der Waals surface area contributed by atoms with Crippen molar-refractivity contribution in [3.8, 4) is 0 Å². The molecule has 0 bridgehead atoms. The van der Waals surface area contributed by atoms with E-state index in [1.165, 1.54) is 11.8 Å². The van der Waals surface area contributed by atoms with Crippen LogP contribution in [0.3, 0.4) is 0 Å². The van der Waals surface area contributed by atoms with Crippen LogP contribution in [0.5, 0.6) is 0 Å². The lowest BCUT2D eigenvalue weighted by atomic mass is 10.0.